The predicted octanol–water partition coefficient (Wildman–Crippen LogP) is 1.74. The molecule has 0 aromatic heterocycles. The predicted molar refractivity (Wildman–Crippen MR) is 72.1 cm³/mol. The molecule has 17 heavy (non-hydrogen) atoms. The van der Waals surface area contributed by atoms with Gasteiger partial charge in [0.15, 0.2) is 0 Å². The van der Waals surface area contributed by atoms with Gasteiger partial charge in [-0.15, -0.1) is 0 Å². The van der Waals surface area contributed by atoms with Crippen molar-refractivity contribution in [2.75, 3.05) is 40.4 Å². The molecule has 0 heterocycles. The van der Waals surface area contributed by atoms with Crippen molar-refractivity contribution >= 4 is 0 Å². The number of rotatable bonds is 9. The zero-order valence-corrected chi connectivity index (χ0v) is 11.0. The Bertz CT molecular complexity index is 275. The zero-order chi connectivity index (χ0) is 12.3. The second-order valence-corrected chi connectivity index (χ2v) is 4.43. The molecule has 0 saturated heterocycles. The van der Waals surface area contributed by atoms with Crippen molar-refractivity contribution < 1.29 is 4.74 Å². The van der Waals surface area contributed by atoms with E-state index in [1.54, 1.807) is 0 Å². The third kappa shape index (κ3) is 7.91. The Balaban J connectivity index is 1.88. The smallest absolute Gasteiger partial charge is 0.0591 e. The van der Waals surface area contributed by atoms with E-state index in [-0.39, 0.29) is 0 Å². The van der Waals surface area contributed by atoms with Crippen LogP contribution < -0.4 is 5.32 Å². The van der Waals surface area contributed by atoms with Gasteiger partial charge < -0.3 is 15.0 Å². The Morgan fingerprint density at radius 1 is 1.12 bits per heavy atom. The van der Waals surface area contributed by atoms with Crippen molar-refractivity contribution in [3.63, 3.8) is 0 Å². The van der Waals surface area contributed by atoms with Gasteiger partial charge in [0.1, 0.15) is 0 Å². The molecule has 0 aliphatic heterocycles. The first-order valence-corrected chi connectivity index (χ1v) is 6.26. The van der Waals surface area contributed by atoms with Gasteiger partial charge in [0.05, 0.1) is 6.61 Å². The third-order valence-corrected chi connectivity index (χ3v) is 2.49. The summed E-state index contributed by atoms with van der Waals surface area (Å²) in [5.74, 6) is 0. The molecule has 0 fully saturated rings. The maximum Gasteiger partial charge on any atom is 0.0591 e. The number of hydrogen-bond donors (Lipinski definition) is 1. The summed E-state index contributed by atoms with van der Waals surface area (Å²) in [4.78, 5) is 2.18. The highest BCUT2D eigenvalue weighted by Gasteiger charge is 1.93. The highest BCUT2D eigenvalue weighted by Crippen LogP contribution is 1.96. The Morgan fingerprint density at radius 3 is 2.59 bits per heavy atom. The zero-order valence-electron chi connectivity index (χ0n) is 11.0. The van der Waals surface area contributed by atoms with Crippen LogP contribution >= 0.6 is 0 Å². The summed E-state index contributed by atoms with van der Waals surface area (Å²) >= 11 is 0. The minimum absolute atomic E-state index is 0.792. The van der Waals surface area contributed by atoms with Gasteiger partial charge in [0, 0.05) is 19.7 Å². The SMILES string of the molecule is CN(C)CCCOCCNCc1ccccc1. The van der Waals surface area contributed by atoms with Crippen LogP contribution in [0.2, 0.25) is 0 Å². The fourth-order valence-corrected chi connectivity index (χ4v) is 1.56. The topological polar surface area (TPSA) is 24.5 Å². The summed E-state index contributed by atoms with van der Waals surface area (Å²) in [6, 6.07) is 10.4. The Hall–Kier alpha value is -0.900. The van der Waals surface area contributed by atoms with Crippen molar-refractivity contribution in [1.29, 1.82) is 0 Å². The summed E-state index contributed by atoms with van der Waals surface area (Å²) < 4.78 is 5.53. The molecule has 1 aromatic carbocycles. The summed E-state index contributed by atoms with van der Waals surface area (Å²) in [7, 11) is 4.17. The molecule has 96 valence electrons. The van der Waals surface area contributed by atoms with Gasteiger partial charge in [-0.3, -0.25) is 0 Å². The Morgan fingerprint density at radius 2 is 1.88 bits per heavy atom. The lowest BCUT2D eigenvalue weighted by Gasteiger charge is -2.09. The molecule has 1 aromatic rings. The van der Waals surface area contributed by atoms with E-state index in [0.717, 1.165) is 39.3 Å². The van der Waals surface area contributed by atoms with Crippen LogP contribution in [0.5, 0.6) is 0 Å². The van der Waals surface area contributed by atoms with Crippen LogP contribution in [0, 0.1) is 0 Å². The molecule has 0 radical (unpaired) electrons. The van der Waals surface area contributed by atoms with Gasteiger partial charge in [0.2, 0.25) is 0 Å². The number of ether oxygens (including phenoxy) is 1. The van der Waals surface area contributed by atoms with Crippen molar-refractivity contribution in [2.45, 2.75) is 13.0 Å². The minimum atomic E-state index is 0.792. The molecule has 0 bridgehead atoms. The number of hydrogen-bond acceptors (Lipinski definition) is 3. The molecule has 0 unspecified atom stereocenters. The highest BCUT2D eigenvalue weighted by molar-refractivity contribution is 5.14. The van der Waals surface area contributed by atoms with Gasteiger partial charge in [-0.25, -0.2) is 0 Å². The molecular formula is C14H24N2O. The molecule has 1 N–H and O–H groups in total. The fraction of sp³-hybridized carbons (Fsp3) is 0.571. The van der Waals surface area contributed by atoms with Crippen LogP contribution in [0.3, 0.4) is 0 Å². The highest BCUT2D eigenvalue weighted by atomic mass is 16.5. The Labute approximate surface area is 105 Å². The first-order valence-electron chi connectivity index (χ1n) is 6.26. The summed E-state index contributed by atoms with van der Waals surface area (Å²) in [5.41, 5.74) is 1.32. The van der Waals surface area contributed by atoms with Crippen LogP contribution in [0.25, 0.3) is 0 Å². The second kappa shape index (κ2) is 9.16. The lowest BCUT2D eigenvalue weighted by molar-refractivity contribution is 0.127. The quantitative estimate of drug-likeness (QED) is 0.661. The molecule has 0 saturated carbocycles. The van der Waals surface area contributed by atoms with Gasteiger partial charge in [0.25, 0.3) is 0 Å². The fourth-order valence-electron chi connectivity index (χ4n) is 1.56. The average molecular weight is 236 g/mol. The molecule has 0 atom stereocenters. The van der Waals surface area contributed by atoms with E-state index in [4.69, 9.17) is 4.74 Å². The molecule has 0 aliphatic rings. The summed E-state index contributed by atoms with van der Waals surface area (Å²) in [5, 5.41) is 3.37. The molecule has 3 nitrogen and oxygen atoms in total. The average Bonchev–Trinajstić information content (AvgIpc) is 2.33. The van der Waals surface area contributed by atoms with Crippen LogP contribution in [0.4, 0.5) is 0 Å². The first-order chi connectivity index (χ1) is 8.29. The van der Waals surface area contributed by atoms with Gasteiger partial charge in [-0.2, -0.15) is 0 Å². The van der Waals surface area contributed by atoms with E-state index < -0.39 is 0 Å². The maximum atomic E-state index is 5.53. The largest absolute Gasteiger partial charge is 0.380 e. The molecule has 1 rings (SSSR count). The summed E-state index contributed by atoms with van der Waals surface area (Å²) in [6.07, 6.45) is 1.10. The van der Waals surface area contributed by atoms with Crippen molar-refractivity contribution in [3.8, 4) is 0 Å². The van der Waals surface area contributed by atoms with Crippen LogP contribution in [-0.4, -0.2) is 45.3 Å². The van der Waals surface area contributed by atoms with Gasteiger partial charge in [-0.1, -0.05) is 30.3 Å². The molecule has 3 heteroatoms. The standard InChI is InChI=1S/C14H24N2O/c1-16(2)10-6-11-17-12-9-15-13-14-7-4-3-5-8-14/h3-5,7-8,15H,6,9-13H2,1-2H3. The van der Waals surface area contributed by atoms with E-state index in [0.29, 0.717) is 0 Å². The van der Waals surface area contributed by atoms with E-state index >= 15 is 0 Å². The van der Waals surface area contributed by atoms with Crippen LogP contribution in [-0.2, 0) is 11.3 Å². The van der Waals surface area contributed by atoms with Crippen LogP contribution in [0.1, 0.15) is 12.0 Å². The maximum absolute atomic E-state index is 5.53. The van der Waals surface area contributed by atoms with Gasteiger partial charge in [-0.05, 0) is 32.6 Å². The minimum Gasteiger partial charge on any atom is -0.380 e. The van der Waals surface area contributed by atoms with Crippen molar-refractivity contribution in [1.82, 2.24) is 10.2 Å². The van der Waals surface area contributed by atoms with Crippen molar-refractivity contribution in [2.24, 2.45) is 0 Å². The lowest BCUT2D eigenvalue weighted by atomic mass is 10.2. The van der Waals surface area contributed by atoms with E-state index in [1.807, 2.05) is 6.07 Å². The molecular weight excluding hydrogens is 212 g/mol. The number of nitrogens with zero attached hydrogens (tertiary/aromatic N) is 1. The second-order valence-electron chi connectivity index (χ2n) is 4.43. The molecule has 0 spiro atoms. The van der Waals surface area contributed by atoms with Crippen LogP contribution in [0.15, 0.2) is 30.3 Å². The number of nitrogens with one attached hydrogen (secondary N) is 1. The monoisotopic (exact) mass is 236 g/mol. The molecule has 0 amide bonds. The van der Waals surface area contributed by atoms with E-state index in [1.165, 1.54) is 5.56 Å². The Kier molecular flexibility index (Phi) is 7.63. The van der Waals surface area contributed by atoms with Crippen molar-refractivity contribution in [3.05, 3.63) is 35.9 Å². The lowest BCUT2D eigenvalue weighted by Crippen LogP contribution is -2.20. The van der Waals surface area contributed by atoms with E-state index in [2.05, 4.69) is 48.6 Å². The summed E-state index contributed by atoms with van der Waals surface area (Å²) in [6.45, 7) is 4.57. The molecule has 0 aliphatic carbocycles. The number of benzene rings is 1. The third-order valence-electron chi connectivity index (χ3n) is 2.49. The first kappa shape index (κ1) is 14.2. The van der Waals surface area contributed by atoms with Gasteiger partial charge >= 0.3 is 0 Å². The van der Waals surface area contributed by atoms with E-state index in [9.17, 15) is 0 Å². The normalized spacial score (nSPS) is 11.0.